The fraction of sp³-hybridized carbons (Fsp3) is 0.391. The number of nitrogens with two attached hydrogens (primary N) is 1. The number of hydrogen-bond donors (Lipinski definition) is 4. The molecule has 7 heteroatoms. The van der Waals surface area contributed by atoms with Crippen LogP contribution in [0.3, 0.4) is 0 Å². The second-order valence-corrected chi connectivity index (χ2v) is 7.79. The topological polar surface area (TPSA) is 116 Å². The molecule has 0 aromatic heterocycles. The summed E-state index contributed by atoms with van der Waals surface area (Å²) in [6, 6.07) is 14.5. The number of primary amides is 1. The predicted molar refractivity (Wildman–Crippen MR) is 115 cm³/mol. The van der Waals surface area contributed by atoms with E-state index in [9.17, 15) is 19.8 Å². The van der Waals surface area contributed by atoms with E-state index in [0.29, 0.717) is 12.1 Å². The van der Waals surface area contributed by atoms with E-state index in [1.165, 1.54) is 12.1 Å². The zero-order chi connectivity index (χ0) is 21.7. The number of carbonyl (C=O) groups excluding carboxylic acids is 2. The van der Waals surface area contributed by atoms with Crippen LogP contribution in [0.5, 0.6) is 5.75 Å². The summed E-state index contributed by atoms with van der Waals surface area (Å²) in [5.41, 5.74) is 6.70. The standard InChI is InChI=1S/C23H29N3O4/c1-15(27)26(18-5-3-2-4-6-18)19-10-8-17(9-11-19)25-14-22(29)16-7-12-21(28)20(13-16)23(24)30/h2-7,12-13,17,19,22,25,28-29H,8-11,14H2,1H3,(H2,24,30). The van der Waals surface area contributed by atoms with E-state index in [-0.39, 0.29) is 29.3 Å². The Labute approximate surface area is 176 Å². The maximum atomic E-state index is 12.2. The Bertz CT molecular complexity index is 879. The molecule has 3 rings (SSSR count). The molecule has 160 valence electrons. The molecule has 7 nitrogen and oxygen atoms in total. The van der Waals surface area contributed by atoms with Crippen molar-refractivity contribution in [2.24, 2.45) is 5.73 Å². The second kappa shape index (κ2) is 9.73. The van der Waals surface area contributed by atoms with E-state index in [4.69, 9.17) is 5.73 Å². The molecule has 2 aromatic rings. The molecule has 0 aliphatic heterocycles. The van der Waals surface area contributed by atoms with Gasteiger partial charge < -0.3 is 26.2 Å². The summed E-state index contributed by atoms with van der Waals surface area (Å²) >= 11 is 0. The van der Waals surface area contributed by atoms with Gasteiger partial charge in [-0.2, -0.15) is 0 Å². The van der Waals surface area contributed by atoms with Crippen LogP contribution in [-0.2, 0) is 4.79 Å². The third kappa shape index (κ3) is 5.17. The molecule has 1 aliphatic rings. The number of carbonyl (C=O) groups is 2. The first kappa shape index (κ1) is 21.8. The Morgan fingerprint density at radius 3 is 2.40 bits per heavy atom. The first-order valence-electron chi connectivity index (χ1n) is 10.3. The fourth-order valence-electron chi connectivity index (χ4n) is 4.13. The predicted octanol–water partition coefficient (Wildman–Crippen LogP) is 2.48. The summed E-state index contributed by atoms with van der Waals surface area (Å²) in [7, 11) is 0. The molecule has 1 fully saturated rings. The molecule has 0 bridgehead atoms. The third-order valence-corrected chi connectivity index (χ3v) is 5.71. The molecule has 0 heterocycles. The number of rotatable bonds is 7. The number of para-hydroxylation sites is 1. The molecule has 2 aromatic carbocycles. The van der Waals surface area contributed by atoms with Gasteiger partial charge in [-0.15, -0.1) is 0 Å². The molecular weight excluding hydrogens is 382 g/mol. The number of benzene rings is 2. The molecule has 1 atom stereocenters. The summed E-state index contributed by atoms with van der Waals surface area (Å²) in [5, 5.41) is 23.5. The lowest BCUT2D eigenvalue weighted by atomic mass is 9.89. The molecule has 0 radical (unpaired) electrons. The summed E-state index contributed by atoms with van der Waals surface area (Å²) in [6.45, 7) is 1.93. The number of nitrogens with one attached hydrogen (secondary N) is 1. The van der Waals surface area contributed by atoms with Gasteiger partial charge in [0, 0.05) is 31.2 Å². The zero-order valence-corrected chi connectivity index (χ0v) is 17.1. The monoisotopic (exact) mass is 411 g/mol. The number of phenols is 1. The molecule has 1 unspecified atom stereocenters. The van der Waals surface area contributed by atoms with Gasteiger partial charge in [-0.3, -0.25) is 9.59 Å². The minimum absolute atomic E-state index is 0.00251. The Morgan fingerprint density at radius 1 is 1.13 bits per heavy atom. The largest absolute Gasteiger partial charge is 0.507 e. The van der Waals surface area contributed by atoms with Crippen LogP contribution < -0.4 is 16.0 Å². The highest BCUT2D eigenvalue weighted by Gasteiger charge is 2.28. The van der Waals surface area contributed by atoms with Gasteiger partial charge in [-0.05, 0) is 55.5 Å². The van der Waals surface area contributed by atoms with Gasteiger partial charge in [-0.25, -0.2) is 0 Å². The van der Waals surface area contributed by atoms with E-state index in [0.717, 1.165) is 31.4 Å². The van der Waals surface area contributed by atoms with Crippen molar-refractivity contribution in [1.29, 1.82) is 0 Å². The Hall–Kier alpha value is -2.90. The Morgan fingerprint density at radius 2 is 1.80 bits per heavy atom. The van der Waals surface area contributed by atoms with Crippen molar-refractivity contribution < 1.29 is 19.8 Å². The molecule has 2 amide bonds. The van der Waals surface area contributed by atoms with Gasteiger partial charge in [0.25, 0.3) is 5.91 Å². The number of nitrogens with zero attached hydrogens (tertiary/aromatic N) is 1. The average Bonchev–Trinajstić information content (AvgIpc) is 2.73. The average molecular weight is 412 g/mol. The molecule has 0 spiro atoms. The summed E-state index contributed by atoms with van der Waals surface area (Å²) < 4.78 is 0. The normalized spacial score (nSPS) is 19.8. The first-order valence-corrected chi connectivity index (χ1v) is 10.3. The number of aliphatic hydroxyl groups is 1. The molecule has 1 aliphatic carbocycles. The molecule has 30 heavy (non-hydrogen) atoms. The van der Waals surface area contributed by atoms with Gasteiger partial charge in [0.1, 0.15) is 5.75 Å². The smallest absolute Gasteiger partial charge is 0.252 e. The summed E-state index contributed by atoms with van der Waals surface area (Å²) in [6.07, 6.45) is 2.74. The second-order valence-electron chi connectivity index (χ2n) is 7.79. The Kier molecular flexibility index (Phi) is 7.07. The van der Waals surface area contributed by atoms with Crippen LogP contribution in [0.4, 0.5) is 5.69 Å². The van der Waals surface area contributed by atoms with E-state index in [1.807, 2.05) is 35.2 Å². The van der Waals surface area contributed by atoms with Crippen LogP contribution >= 0.6 is 0 Å². The third-order valence-electron chi connectivity index (χ3n) is 5.71. The van der Waals surface area contributed by atoms with Gasteiger partial charge in [0.2, 0.25) is 5.91 Å². The molecular formula is C23H29N3O4. The van der Waals surface area contributed by atoms with Crippen molar-refractivity contribution in [2.75, 3.05) is 11.4 Å². The summed E-state index contributed by atoms with van der Waals surface area (Å²) in [5.74, 6) is -0.884. The van der Waals surface area contributed by atoms with Crippen molar-refractivity contribution in [2.45, 2.75) is 50.8 Å². The van der Waals surface area contributed by atoms with E-state index < -0.39 is 12.0 Å². The van der Waals surface area contributed by atoms with Gasteiger partial charge in [0.05, 0.1) is 11.7 Å². The number of aromatic hydroxyl groups is 1. The minimum atomic E-state index is -0.820. The highest BCUT2D eigenvalue weighted by atomic mass is 16.3. The quantitative estimate of drug-likeness (QED) is 0.559. The van der Waals surface area contributed by atoms with E-state index in [1.54, 1.807) is 13.0 Å². The lowest BCUT2D eigenvalue weighted by molar-refractivity contribution is -0.117. The highest BCUT2D eigenvalue weighted by molar-refractivity contribution is 5.95. The van der Waals surface area contributed by atoms with Gasteiger partial charge in [0.15, 0.2) is 0 Å². The fourth-order valence-corrected chi connectivity index (χ4v) is 4.13. The zero-order valence-electron chi connectivity index (χ0n) is 17.1. The first-order chi connectivity index (χ1) is 14.4. The number of hydrogen-bond acceptors (Lipinski definition) is 5. The van der Waals surface area contributed by atoms with Crippen molar-refractivity contribution >= 4 is 17.5 Å². The van der Waals surface area contributed by atoms with Crippen molar-refractivity contribution in [1.82, 2.24) is 5.32 Å². The number of anilines is 1. The van der Waals surface area contributed by atoms with E-state index in [2.05, 4.69) is 5.32 Å². The minimum Gasteiger partial charge on any atom is -0.507 e. The van der Waals surface area contributed by atoms with Crippen LogP contribution in [0.1, 0.15) is 54.6 Å². The SMILES string of the molecule is CC(=O)N(c1ccccc1)C1CCC(NCC(O)c2ccc(O)c(C(N)=O)c2)CC1. The van der Waals surface area contributed by atoms with Crippen LogP contribution in [0.15, 0.2) is 48.5 Å². The van der Waals surface area contributed by atoms with Crippen LogP contribution in [0.25, 0.3) is 0 Å². The lowest BCUT2D eigenvalue weighted by Gasteiger charge is -2.37. The Balaban J connectivity index is 1.54. The van der Waals surface area contributed by atoms with E-state index >= 15 is 0 Å². The van der Waals surface area contributed by atoms with Crippen LogP contribution in [0.2, 0.25) is 0 Å². The van der Waals surface area contributed by atoms with Crippen molar-refractivity contribution in [3.63, 3.8) is 0 Å². The van der Waals surface area contributed by atoms with Crippen LogP contribution in [0, 0.1) is 0 Å². The maximum absolute atomic E-state index is 12.2. The molecule has 1 saturated carbocycles. The maximum Gasteiger partial charge on any atom is 0.252 e. The van der Waals surface area contributed by atoms with Crippen molar-refractivity contribution in [3.05, 3.63) is 59.7 Å². The number of aliphatic hydroxyl groups excluding tert-OH is 1. The van der Waals surface area contributed by atoms with Gasteiger partial charge in [-0.1, -0.05) is 24.3 Å². The summed E-state index contributed by atoms with van der Waals surface area (Å²) in [4.78, 5) is 25.5. The molecule has 0 saturated heterocycles. The lowest BCUT2D eigenvalue weighted by Crippen LogP contribution is -2.45. The van der Waals surface area contributed by atoms with Crippen molar-refractivity contribution in [3.8, 4) is 5.75 Å². The number of amides is 2. The van der Waals surface area contributed by atoms with Gasteiger partial charge >= 0.3 is 0 Å². The highest BCUT2D eigenvalue weighted by Crippen LogP contribution is 2.28. The van der Waals surface area contributed by atoms with Crippen LogP contribution in [-0.4, -0.2) is 40.7 Å². The molecule has 5 N–H and O–H groups in total.